The topological polar surface area (TPSA) is 131 Å². The molecule has 0 saturated heterocycles. The van der Waals surface area contributed by atoms with Gasteiger partial charge in [0.2, 0.25) is 0 Å². The van der Waals surface area contributed by atoms with Crippen LogP contribution in [0.3, 0.4) is 0 Å². The number of para-hydroxylation sites is 1. The molecule has 0 N–H and O–H groups in total. The average molecular weight is 559 g/mol. The van der Waals surface area contributed by atoms with E-state index in [0.29, 0.717) is 33.7 Å². The minimum atomic E-state index is -3.89. The highest BCUT2D eigenvalue weighted by Gasteiger charge is 2.35. The number of halogens is 1. The maximum absolute atomic E-state index is 13.7. The van der Waals surface area contributed by atoms with Crippen LogP contribution < -0.4 is 9.47 Å². The van der Waals surface area contributed by atoms with Crippen molar-refractivity contribution in [2.45, 2.75) is 31.0 Å². The number of aryl methyl sites for hydroxylation is 1. The Bertz CT molecular complexity index is 1510. The summed E-state index contributed by atoms with van der Waals surface area (Å²) in [5, 5.41) is 7.92. The normalized spacial score (nSPS) is 13.2. The number of sulfone groups is 1. The number of pyridine rings is 1. The standard InChI is InChI=1S/C25H27ClN6O5S/c1-15-8-6-9-18(29-15)25-31-30-21(32(25)22-19(35-3)10-7-11-20(22)36-4)14-38(33,34)16(2)23(37-5)24-27-12-17(26)13-28-24/h6-13,16,23H,14H2,1-5H3/t16-,23+/m0/s1. The first-order chi connectivity index (χ1) is 18.2. The van der Waals surface area contributed by atoms with Crippen molar-refractivity contribution in [3.8, 4) is 28.7 Å². The first-order valence-electron chi connectivity index (χ1n) is 11.5. The van der Waals surface area contributed by atoms with E-state index in [0.717, 1.165) is 5.69 Å². The van der Waals surface area contributed by atoms with Crippen molar-refractivity contribution in [3.63, 3.8) is 0 Å². The van der Waals surface area contributed by atoms with Gasteiger partial charge in [-0.1, -0.05) is 23.7 Å². The Morgan fingerprint density at radius 1 is 0.974 bits per heavy atom. The number of benzene rings is 1. The molecule has 0 fully saturated rings. The van der Waals surface area contributed by atoms with Crippen molar-refractivity contribution in [2.24, 2.45) is 0 Å². The summed E-state index contributed by atoms with van der Waals surface area (Å²) >= 11 is 5.90. The molecule has 38 heavy (non-hydrogen) atoms. The van der Waals surface area contributed by atoms with Gasteiger partial charge in [0.15, 0.2) is 27.3 Å². The summed E-state index contributed by atoms with van der Waals surface area (Å²) in [5.74, 6) is 1.08. The van der Waals surface area contributed by atoms with Crippen LogP contribution in [-0.2, 0) is 20.3 Å². The predicted octanol–water partition coefficient (Wildman–Crippen LogP) is 3.79. The Morgan fingerprint density at radius 2 is 1.61 bits per heavy atom. The summed E-state index contributed by atoms with van der Waals surface area (Å²) in [6.07, 6.45) is 1.84. The van der Waals surface area contributed by atoms with Crippen molar-refractivity contribution in [2.75, 3.05) is 21.3 Å². The van der Waals surface area contributed by atoms with E-state index >= 15 is 0 Å². The van der Waals surface area contributed by atoms with Gasteiger partial charge in [0.1, 0.15) is 34.7 Å². The van der Waals surface area contributed by atoms with Crippen LogP contribution in [-0.4, -0.2) is 64.7 Å². The fraction of sp³-hybridized carbons (Fsp3) is 0.320. The lowest BCUT2D eigenvalue weighted by molar-refractivity contribution is 0.0948. The first-order valence-corrected chi connectivity index (χ1v) is 13.6. The number of hydrogen-bond acceptors (Lipinski definition) is 10. The van der Waals surface area contributed by atoms with Crippen LogP contribution in [0.2, 0.25) is 5.02 Å². The second-order valence-electron chi connectivity index (χ2n) is 8.38. The SMILES string of the molecule is COc1cccc(OC)c1-n1c(CS(=O)(=O)[C@@H](C)[C@@H](OC)c2ncc(Cl)cn2)nnc1-c1cccc(C)n1. The van der Waals surface area contributed by atoms with E-state index in [9.17, 15) is 8.42 Å². The molecule has 4 aromatic rings. The van der Waals surface area contributed by atoms with Crippen LogP contribution in [0.15, 0.2) is 48.8 Å². The molecule has 0 unspecified atom stereocenters. The molecule has 13 heteroatoms. The molecule has 0 bridgehead atoms. The molecule has 0 radical (unpaired) electrons. The summed E-state index contributed by atoms with van der Waals surface area (Å²) in [6.45, 7) is 3.39. The smallest absolute Gasteiger partial charge is 0.187 e. The molecule has 200 valence electrons. The van der Waals surface area contributed by atoms with Crippen molar-refractivity contribution in [3.05, 3.63) is 71.2 Å². The van der Waals surface area contributed by atoms with Crippen molar-refractivity contribution < 1.29 is 22.6 Å². The van der Waals surface area contributed by atoms with E-state index in [1.165, 1.54) is 40.6 Å². The second kappa shape index (κ2) is 11.4. The van der Waals surface area contributed by atoms with Crippen LogP contribution in [0.4, 0.5) is 0 Å². The Labute approximate surface area is 225 Å². The zero-order valence-electron chi connectivity index (χ0n) is 21.5. The van der Waals surface area contributed by atoms with Crippen LogP contribution in [0, 0.1) is 6.92 Å². The molecule has 0 aliphatic heterocycles. The van der Waals surface area contributed by atoms with E-state index in [1.54, 1.807) is 28.8 Å². The van der Waals surface area contributed by atoms with Gasteiger partial charge >= 0.3 is 0 Å². The highest BCUT2D eigenvalue weighted by Crippen LogP contribution is 2.37. The molecule has 2 atom stereocenters. The summed E-state index contributed by atoms with van der Waals surface area (Å²) in [6, 6.07) is 10.7. The highest BCUT2D eigenvalue weighted by atomic mass is 35.5. The Kier molecular flexibility index (Phi) is 8.24. The Morgan fingerprint density at radius 3 is 2.18 bits per heavy atom. The van der Waals surface area contributed by atoms with Crippen molar-refractivity contribution >= 4 is 21.4 Å². The van der Waals surface area contributed by atoms with Gasteiger partial charge in [0.25, 0.3) is 0 Å². The van der Waals surface area contributed by atoms with Crippen LogP contribution in [0.5, 0.6) is 11.5 Å². The second-order valence-corrected chi connectivity index (χ2v) is 11.2. The van der Waals surface area contributed by atoms with Gasteiger partial charge in [-0.2, -0.15) is 0 Å². The molecule has 11 nitrogen and oxygen atoms in total. The van der Waals surface area contributed by atoms with E-state index < -0.39 is 26.9 Å². The monoisotopic (exact) mass is 558 g/mol. The molecule has 4 rings (SSSR count). The molecule has 1 aromatic carbocycles. The summed E-state index contributed by atoms with van der Waals surface area (Å²) in [5.41, 5.74) is 1.72. The average Bonchev–Trinajstić information content (AvgIpc) is 3.31. The van der Waals surface area contributed by atoms with Crippen LogP contribution in [0.1, 0.15) is 30.4 Å². The third-order valence-electron chi connectivity index (χ3n) is 5.94. The minimum Gasteiger partial charge on any atom is -0.494 e. The van der Waals surface area contributed by atoms with Gasteiger partial charge in [0.05, 0.1) is 24.5 Å². The number of aromatic nitrogens is 6. The fourth-order valence-corrected chi connectivity index (χ4v) is 5.52. The van der Waals surface area contributed by atoms with Gasteiger partial charge in [-0.3, -0.25) is 4.57 Å². The molecular formula is C25H27ClN6O5S. The largest absolute Gasteiger partial charge is 0.494 e. The maximum atomic E-state index is 13.7. The number of hydrogen-bond donors (Lipinski definition) is 0. The number of methoxy groups -OCH3 is 3. The van der Waals surface area contributed by atoms with Crippen molar-refractivity contribution in [1.29, 1.82) is 0 Å². The number of ether oxygens (including phenoxy) is 3. The van der Waals surface area contributed by atoms with Gasteiger partial charge < -0.3 is 14.2 Å². The van der Waals surface area contributed by atoms with Gasteiger partial charge in [-0.25, -0.2) is 23.4 Å². The number of nitrogens with zero attached hydrogens (tertiary/aromatic N) is 6. The summed E-state index contributed by atoms with van der Waals surface area (Å²) < 4.78 is 45.7. The molecule has 0 aliphatic carbocycles. The third kappa shape index (κ3) is 5.47. The minimum absolute atomic E-state index is 0.143. The summed E-state index contributed by atoms with van der Waals surface area (Å²) in [7, 11) is 0.538. The molecule has 3 aromatic heterocycles. The highest BCUT2D eigenvalue weighted by molar-refractivity contribution is 7.91. The predicted molar refractivity (Wildman–Crippen MR) is 141 cm³/mol. The van der Waals surface area contributed by atoms with E-state index in [1.807, 2.05) is 19.1 Å². The zero-order chi connectivity index (χ0) is 27.4. The summed E-state index contributed by atoms with van der Waals surface area (Å²) in [4.78, 5) is 12.9. The zero-order valence-corrected chi connectivity index (χ0v) is 23.1. The Balaban J connectivity index is 1.84. The fourth-order valence-electron chi connectivity index (χ4n) is 4.01. The molecule has 0 spiro atoms. The van der Waals surface area contributed by atoms with E-state index in [-0.39, 0.29) is 11.6 Å². The molecule has 0 aliphatic rings. The van der Waals surface area contributed by atoms with E-state index in [4.69, 9.17) is 25.8 Å². The van der Waals surface area contributed by atoms with E-state index in [2.05, 4.69) is 25.1 Å². The molecule has 0 saturated carbocycles. The Hall–Kier alpha value is -3.61. The molecule has 3 heterocycles. The lowest BCUT2D eigenvalue weighted by Crippen LogP contribution is -2.30. The molecular weight excluding hydrogens is 532 g/mol. The van der Waals surface area contributed by atoms with Gasteiger partial charge in [0, 0.05) is 25.2 Å². The van der Waals surface area contributed by atoms with Crippen LogP contribution >= 0.6 is 11.6 Å². The molecule has 0 amide bonds. The maximum Gasteiger partial charge on any atom is 0.187 e. The lowest BCUT2D eigenvalue weighted by Gasteiger charge is -2.22. The number of rotatable bonds is 10. The third-order valence-corrected chi connectivity index (χ3v) is 8.18. The lowest BCUT2D eigenvalue weighted by atomic mass is 10.2. The first kappa shape index (κ1) is 27.4. The van der Waals surface area contributed by atoms with Gasteiger partial charge in [-0.05, 0) is 38.1 Å². The van der Waals surface area contributed by atoms with Crippen molar-refractivity contribution in [1.82, 2.24) is 29.7 Å². The quantitative estimate of drug-likeness (QED) is 0.283. The van der Waals surface area contributed by atoms with Crippen LogP contribution in [0.25, 0.3) is 17.2 Å². The van der Waals surface area contributed by atoms with Gasteiger partial charge in [-0.15, -0.1) is 10.2 Å².